The Hall–Kier alpha value is -0.470. The lowest BCUT2D eigenvalue weighted by Gasteiger charge is -2.35. The molecule has 1 aliphatic rings. The number of likely N-dealkylation sites (tertiary alicyclic amines) is 1. The van der Waals surface area contributed by atoms with Crippen molar-refractivity contribution >= 4 is 26.0 Å². The summed E-state index contributed by atoms with van der Waals surface area (Å²) in [6.07, 6.45) is 1.89. The van der Waals surface area contributed by atoms with Gasteiger partial charge in [-0.05, 0) is 60.1 Å². The Kier molecular flexibility index (Phi) is 5.43. The van der Waals surface area contributed by atoms with Gasteiger partial charge in [-0.3, -0.25) is 0 Å². The zero-order chi connectivity index (χ0) is 15.6. The molecule has 0 amide bonds. The zero-order valence-electron chi connectivity index (χ0n) is 12.3. The first-order chi connectivity index (χ1) is 9.86. The number of aliphatic hydroxyl groups is 1. The third-order valence-electron chi connectivity index (χ3n) is 3.95. The fraction of sp³-hybridized carbons (Fsp3) is 0.571. The van der Waals surface area contributed by atoms with Crippen LogP contribution in [-0.4, -0.2) is 56.0 Å². The number of rotatable bonds is 4. The lowest BCUT2D eigenvalue weighted by molar-refractivity contribution is 0.187. The van der Waals surface area contributed by atoms with Gasteiger partial charge >= 0.3 is 0 Å². The molecule has 0 saturated carbocycles. The van der Waals surface area contributed by atoms with Crippen LogP contribution in [0, 0.1) is 0 Å². The normalized spacial score (nSPS) is 20.9. The molecule has 1 atom stereocenters. The van der Waals surface area contributed by atoms with Gasteiger partial charge in [0, 0.05) is 24.1 Å². The summed E-state index contributed by atoms with van der Waals surface area (Å²) in [5, 5.41) is 9.11. The molecule has 0 aromatic heterocycles. The highest BCUT2D eigenvalue weighted by Gasteiger charge is 2.31. The van der Waals surface area contributed by atoms with E-state index in [4.69, 9.17) is 5.11 Å². The van der Waals surface area contributed by atoms with E-state index in [0.717, 1.165) is 25.9 Å². The molecule has 0 bridgehead atoms. The summed E-state index contributed by atoms with van der Waals surface area (Å²) in [5.41, 5.74) is 0.681. The van der Waals surface area contributed by atoms with Crippen molar-refractivity contribution in [2.75, 3.05) is 27.2 Å². The topological polar surface area (TPSA) is 60.9 Å². The first-order valence-corrected chi connectivity index (χ1v) is 9.15. The van der Waals surface area contributed by atoms with Gasteiger partial charge in [0.05, 0.1) is 11.5 Å². The lowest BCUT2D eigenvalue weighted by Crippen LogP contribution is -2.47. The molecule has 1 unspecified atom stereocenters. The molecule has 0 spiro atoms. The molecule has 118 valence electrons. The molecule has 1 aliphatic heterocycles. The van der Waals surface area contributed by atoms with E-state index in [1.165, 1.54) is 4.31 Å². The van der Waals surface area contributed by atoms with Gasteiger partial charge in [0.1, 0.15) is 0 Å². The molecule has 0 aliphatic carbocycles. The minimum Gasteiger partial charge on any atom is -0.392 e. The Balaban J connectivity index is 2.28. The maximum Gasteiger partial charge on any atom is 0.244 e. The molecule has 1 N–H and O–H groups in total. The quantitative estimate of drug-likeness (QED) is 0.867. The van der Waals surface area contributed by atoms with Crippen molar-refractivity contribution in [2.45, 2.75) is 30.4 Å². The third kappa shape index (κ3) is 3.65. The largest absolute Gasteiger partial charge is 0.392 e. The smallest absolute Gasteiger partial charge is 0.244 e. The van der Waals surface area contributed by atoms with Crippen LogP contribution in [0.25, 0.3) is 0 Å². The third-order valence-corrected chi connectivity index (χ3v) is 6.84. The average molecular weight is 377 g/mol. The van der Waals surface area contributed by atoms with Crippen molar-refractivity contribution in [1.82, 2.24) is 9.21 Å². The van der Waals surface area contributed by atoms with E-state index in [0.29, 0.717) is 10.0 Å². The Morgan fingerprint density at radius 2 is 2.19 bits per heavy atom. The number of aliphatic hydroxyl groups excluding tert-OH is 1. The molecule has 0 radical (unpaired) electrons. The number of hydrogen-bond donors (Lipinski definition) is 1. The second-order valence-corrected chi connectivity index (χ2v) is 8.32. The summed E-state index contributed by atoms with van der Waals surface area (Å²) in [5.74, 6) is 0. The van der Waals surface area contributed by atoms with Crippen LogP contribution in [0.5, 0.6) is 0 Å². The molecule has 1 fully saturated rings. The summed E-state index contributed by atoms with van der Waals surface area (Å²) in [6.45, 7) is 1.66. The number of nitrogens with zero attached hydrogens (tertiary/aromatic N) is 2. The van der Waals surface area contributed by atoms with E-state index in [-0.39, 0.29) is 17.5 Å². The van der Waals surface area contributed by atoms with E-state index in [1.54, 1.807) is 25.2 Å². The maximum atomic E-state index is 12.8. The standard InChI is InChI=1S/C14H21BrN2O3S/c1-16-7-3-4-12(9-16)17(2)21(19,20)14-6-5-11(10-18)8-13(14)15/h5-6,8,12,18H,3-4,7,9-10H2,1-2H3. The van der Waals surface area contributed by atoms with Gasteiger partial charge in [0.25, 0.3) is 0 Å². The summed E-state index contributed by atoms with van der Waals surface area (Å²) in [6, 6.07) is 4.83. The fourth-order valence-electron chi connectivity index (χ4n) is 2.64. The number of benzene rings is 1. The van der Waals surface area contributed by atoms with Gasteiger partial charge in [0.15, 0.2) is 0 Å². The van der Waals surface area contributed by atoms with Gasteiger partial charge < -0.3 is 10.0 Å². The van der Waals surface area contributed by atoms with Crippen LogP contribution in [-0.2, 0) is 16.6 Å². The van der Waals surface area contributed by atoms with E-state index < -0.39 is 10.0 Å². The van der Waals surface area contributed by atoms with Gasteiger partial charge in [-0.25, -0.2) is 8.42 Å². The van der Waals surface area contributed by atoms with Gasteiger partial charge in [-0.15, -0.1) is 0 Å². The van der Waals surface area contributed by atoms with Crippen LogP contribution >= 0.6 is 15.9 Å². The van der Waals surface area contributed by atoms with E-state index in [1.807, 2.05) is 7.05 Å². The van der Waals surface area contributed by atoms with Crippen molar-refractivity contribution in [3.05, 3.63) is 28.2 Å². The lowest BCUT2D eigenvalue weighted by atomic mass is 10.1. The monoisotopic (exact) mass is 376 g/mol. The van der Waals surface area contributed by atoms with Crippen LogP contribution in [0.3, 0.4) is 0 Å². The molecule has 21 heavy (non-hydrogen) atoms. The number of halogens is 1. The van der Waals surface area contributed by atoms with Crippen molar-refractivity contribution in [3.8, 4) is 0 Å². The summed E-state index contributed by atoms with van der Waals surface area (Å²) < 4.78 is 27.5. The second kappa shape index (κ2) is 6.75. The van der Waals surface area contributed by atoms with Crippen LogP contribution < -0.4 is 0 Å². The Morgan fingerprint density at radius 3 is 2.76 bits per heavy atom. The van der Waals surface area contributed by atoms with Crippen LogP contribution in [0.4, 0.5) is 0 Å². The average Bonchev–Trinajstić information content (AvgIpc) is 2.45. The van der Waals surface area contributed by atoms with Crippen LogP contribution in [0.1, 0.15) is 18.4 Å². The molecular formula is C14H21BrN2O3S. The Labute approximate surface area is 134 Å². The zero-order valence-corrected chi connectivity index (χ0v) is 14.7. The van der Waals surface area contributed by atoms with Crippen molar-refractivity contribution in [3.63, 3.8) is 0 Å². The molecular weight excluding hydrogens is 356 g/mol. The summed E-state index contributed by atoms with van der Waals surface area (Å²) in [4.78, 5) is 2.40. The molecule has 1 heterocycles. The summed E-state index contributed by atoms with van der Waals surface area (Å²) in [7, 11) is 0.117. The Morgan fingerprint density at radius 1 is 1.48 bits per heavy atom. The van der Waals surface area contributed by atoms with E-state index in [2.05, 4.69) is 20.8 Å². The molecule has 1 saturated heterocycles. The number of likely N-dealkylation sites (N-methyl/N-ethyl adjacent to an activating group) is 2. The number of piperidine rings is 1. The molecule has 7 heteroatoms. The Bertz CT molecular complexity index is 606. The first-order valence-electron chi connectivity index (χ1n) is 6.92. The van der Waals surface area contributed by atoms with Gasteiger partial charge in [-0.1, -0.05) is 6.07 Å². The van der Waals surface area contributed by atoms with Gasteiger partial charge in [0.2, 0.25) is 10.0 Å². The van der Waals surface area contributed by atoms with Gasteiger partial charge in [-0.2, -0.15) is 4.31 Å². The SMILES string of the molecule is CN1CCCC(N(C)S(=O)(=O)c2ccc(CO)cc2Br)C1. The molecule has 2 rings (SSSR count). The van der Waals surface area contributed by atoms with Crippen molar-refractivity contribution in [2.24, 2.45) is 0 Å². The minimum absolute atomic E-state index is 0.00170. The number of hydrogen-bond acceptors (Lipinski definition) is 4. The predicted octanol–water partition coefficient (Wildman–Crippen LogP) is 1.66. The second-order valence-electron chi connectivity index (χ2n) is 5.50. The van der Waals surface area contributed by atoms with Crippen LogP contribution in [0.2, 0.25) is 0 Å². The fourth-order valence-corrected chi connectivity index (χ4v) is 5.10. The highest BCUT2D eigenvalue weighted by atomic mass is 79.9. The van der Waals surface area contributed by atoms with E-state index >= 15 is 0 Å². The first kappa shape index (κ1) is 16.9. The van der Waals surface area contributed by atoms with E-state index in [9.17, 15) is 8.42 Å². The minimum atomic E-state index is -3.54. The predicted molar refractivity (Wildman–Crippen MR) is 85.5 cm³/mol. The summed E-state index contributed by atoms with van der Waals surface area (Å²) >= 11 is 3.30. The molecule has 5 nitrogen and oxygen atoms in total. The molecule has 1 aromatic carbocycles. The maximum absolute atomic E-state index is 12.8. The van der Waals surface area contributed by atoms with Crippen LogP contribution in [0.15, 0.2) is 27.6 Å². The highest BCUT2D eigenvalue weighted by molar-refractivity contribution is 9.10. The molecule has 1 aromatic rings. The van der Waals surface area contributed by atoms with Crippen molar-refractivity contribution in [1.29, 1.82) is 0 Å². The highest BCUT2D eigenvalue weighted by Crippen LogP contribution is 2.28. The number of sulfonamides is 1. The van der Waals surface area contributed by atoms with Crippen molar-refractivity contribution < 1.29 is 13.5 Å².